The average molecular weight is 452 g/mol. The molecule has 1 fully saturated rings. The van der Waals surface area contributed by atoms with Gasteiger partial charge in [-0.05, 0) is 55.8 Å². The van der Waals surface area contributed by atoms with Crippen molar-refractivity contribution < 1.29 is 37.0 Å². The van der Waals surface area contributed by atoms with Crippen molar-refractivity contribution in [3.8, 4) is 5.75 Å². The number of ether oxygens (including phenoxy) is 2. The van der Waals surface area contributed by atoms with Crippen molar-refractivity contribution in [3.63, 3.8) is 0 Å². The van der Waals surface area contributed by atoms with Crippen LogP contribution in [-0.4, -0.2) is 46.9 Å². The highest BCUT2D eigenvalue weighted by Crippen LogP contribution is 2.30. The van der Waals surface area contributed by atoms with Crippen LogP contribution in [-0.2, 0) is 16.1 Å². The Morgan fingerprint density at radius 3 is 2.50 bits per heavy atom. The SMILES string of the molecule is CCOC(=O)Nc1cc(CN2C(=O)N(c3ccc(OC(F)(F)F)cc3)C(=O)C2C)ccn1. The van der Waals surface area contributed by atoms with Crippen molar-refractivity contribution in [1.82, 2.24) is 9.88 Å². The van der Waals surface area contributed by atoms with Crippen LogP contribution in [0.25, 0.3) is 0 Å². The number of benzene rings is 1. The summed E-state index contributed by atoms with van der Waals surface area (Å²) in [6, 6.07) is 6.13. The van der Waals surface area contributed by atoms with E-state index in [0.29, 0.717) is 5.56 Å². The highest BCUT2D eigenvalue weighted by atomic mass is 19.4. The molecule has 1 unspecified atom stereocenters. The lowest BCUT2D eigenvalue weighted by Gasteiger charge is -2.20. The lowest BCUT2D eigenvalue weighted by atomic mass is 10.2. The summed E-state index contributed by atoms with van der Waals surface area (Å²) in [7, 11) is 0. The molecule has 12 heteroatoms. The number of imide groups is 1. The topological polar surface area (TPSA) is 101 Å². The molecule has 0 saturated carbocycles. The number of rotatable bonds is 6. The van der Waals surface area contributed by atoms with Gasteiger partial charge in [-0.15, -0.1) is 13.2 Å². The third-order valence-corrected chi connectivity index (χ3v) is 4.49. The lowest BCUT2D eigenvalue weighted by Crippen LogP contribution is -2.33. The van der Waals surface area contributed by atoms with E-state index >= 15 is 0 Å². The fourth-order valence-corrected chi connectivity index (χ4v) is 3.06. The Hall–Kier alpha value is -3.83. The molecule has 9 nitrogen and oxygen atoms in total. The summed E-state index contributed by atoms with van der Waals surface area (Å²) in [6.45, 7) is 3.42. The predicted molar refractivity (Wildman–Crippen MR) is 106 cm³/mol. The van der Waals surface area contributed by atoms with Crippen molar-refractivity contribution in [2.75, 3.05) is 16.8 Å². The Labute approximate surface area is 180 Å². The second-order valence-electron chi connectivity index (χ2n) is 6.70. The zero-order chi connectivity index (χ0) is 23.5. The maximum atomic E-state index is 12.9. The first-order valence-corrected chi connectivity index (χ1v) is 9.48. The third kappa shape index (κ3) is 5.25. The van der Waals surface area contributed by atoms with Crippen LogP contribution in [0.2, 0.25) is 0 Å². The summed E-state index contributed by atoms with van der Waals surface area (Å²) < 4.78 is 45.6. The molecular weight excluding hydrogens is 433 g/mol. The molecule has 1 aromatic heterocycles. The molecule has 4 amide bonds. The number of carbonyl (C=O) groups excluding carboxylic acids is 3. The molecule has 0 spiro atoms. The van der Waals surface area contributed by atoms with E-state index in [4.69, 9.17) is 4.74 Å². The first kappa shape index (κ1) is 22.8. The average Bonchev–Trinajstić information content (AvgIpc) is 2.91. The second kappa shape index (κ2) is 9.12. The minimum Gasteiger partial charge on any atom is -0.450 e. The number of alkyl halides is 3. The molecule has 1 saturated heterocycles. The van der Waals surface area contributed by atoms with Crippen molar-refractivity contribution >= 4 is 29.5 Å². The van der Waals surface area contributed by atoms with Gasteiger partial charge in [-0.2, -0.15) is 0 Å². The Morgan fingerprint density at radius 1 is 1.19 bits per heavy atom. The fraction of sp³-hybridized carbons (Fsp3) is 0.300. The van der Waals surface area contributed by atoms with Gasteiger partial charge in [0.15, 0.2) is 0 Å². The zero-order valence-corrected chi connectivity index (χ0v) is 17.0. The maximum Gasteiger partial charge on any atom is 0.573 e. The summed E-state index contributed by atoms with van der Waals surface area (Å²) in [5, 5.41) is 2.45. The summed E-state index contributed by atoms with van der Waals surface area (Å²) in [5.41, 5.74) is 0.707. The predicted octanol–water partition coefficient (Wildman–Crippen LogP) is 3.91. The number of nitrogens with one attached hydrogen (secondary N) is 1. The first-order valence-electron chi connectivity index (χ1n) is 9.48. The van der Waals surface area contributed by atoms with Crippen LogP contribution in [0.3, 0.4) is 0 Å². The van der Waals surface area contributed by atoms with Crippen LogP contribution in [0.5, 0.6) is 5.75 Å². The maximum absolute atomic E-state index is 12.9. The van der Waals surface area contributed by atoms with Crippen LogP contribution in [0.4, 0.5) is 34.3 Å². The number of carbonyl (C=O) groups is 3. The molecular formula is C20H19F3N4O5. The first-order chi connectivity index (χ1) is 15.1. The summed E-state index contributed by atoms with van der Waals surface area (Å²) in [6.07, 6.45) is -4.10. The fourth-order valence-electron chi connectivity index (χ4n) is 3.06. The van der Waals surface area contributed by atoms with Crippen LogP contribution < -0.4 is 15.0 Å². The van der Waals surface area contributed by atoms with Crippen molar-refractivity contribution in [2.24, 2.45) is 0 Å². The molecule has 0 aliphatic carbocycles. The molecule has 170 valence electrons. The molecule has 32 heavy (non-hydrogen) atoms. The number of halogens is 3. The van der Waals surface area contributed by atoms with E-state index in [1.54, 1.807) is 19.9 Å². The largest absolute Gasteiger partial charge is 0.573 e. The molecule has 2 heterocycles. The van der Waals surface area contributed by atoms with Gasteiger partial charge in [-0.25, -0.2) is 19.5 Å². The molecule has 1 aromatic carbocycles. The van der Waals surface area contributed by atoms with Gasteiger partial charge in [-0.1, -0.05) is 0 Å². The standard InChI is InChI=1S/C20H19F3N4O5/c1-3-31-18(29)25-16-10-13(8-9-24-16)11-26-12(2)17(28)27(19(26)30)14-4-6-15(7-5-14)32-20(21,22)23/h4-10,12H,3,11H2,1-2H3,(H,24,25,29). The van der Waals surface area contributed by atoms with Crippen LogP contribution in [0, 0.1) is 0 Å². The van der Waals surface area contributed by atoms with E-state index < -0.39 is 36.2 Å². The Balaban J connectivity index is 1.74. The van der Waals surface area contributed by atoms with E-state index in [2.05, 4.69) is 15.0 Å². The second-order valence-corrected chi connectivity index (χ2v) is 6.70. The zero-order valence-electron chi connectivity index (χ0n) is 17.0. The van der Waals surface area contributed by atoms with Gasteiger partial charge in [0.05, 0.1) is 12.3 Å². The van der Waals surface area contributed by atoms with Crippen LogP contribution >= 0.6 is 0 Å². The molecule has 2 aromatic rings. The van der Waals surface area contributed by atoms with Gasteiger partial charge >= 0.3 is 18.5 Å². The summed E-state index contributed by atoms with van der Waals surface area (Å²) in [4.78, 5) is 43.3. The van der Waals surface area contributed by atoms with Crippen molar-refractivity contribution in [2.45, 2.75) is 32.8 Å². The van der Waals surface area contributed by atoms with E-state index in [1.165, 1.54) is 29.3 Å². The lowest BCUT2D eigenvalue weighted by molar-refractivity contribution is -0.274. The number of anilines is 2. The number of amides is 4. The molecule has 3 rings (SSSR count). The highest BCUT2D eigenvalue weighted by molar-refractivity contribution is 6.21. The van der Waals surface area contributed by atoms with E-state index in [0.717, 1.165) is 17.0 Å². The number of urea groups is 1. The number of hydrogen-bond donors (Lipinski definition) is 1. The highest BCUT2D eigenvalue weighted by Gasteiger charge is 2.43. The Morgan fingerprint density at radius 2 is 1.88 bits per heavy atom. The number of nitrogens with zero attached hydrogens (tertiary/aromatic N) is 3. The van der Waals surface area contributed by atoms with E-state index in [1.807, 2.05) is 0 Å². The molecule has 1 aliphatic heterocycles. The molecule has 0 radical (unpaired) electrons. The quantitative estimate of drug-likeness (QED) is 0.667. The van der Waals surface area contributed by atoms with Crippen LogP contribution in [0.1, 0.15) is 19.4 Å². The van der Waals surface area contributed by atoms with Gasteiger partial charge < -0.3 is 14.4 Å². The number of pyridine rings is 1. The minimum absolute atomic E-state index is 0.0392. The monoisotopic (exact) mass is 452 g/mol. The van der Waals surface area contributed by atoms with Gasteiger partial charge in [-0.3, -0.25) is 10.1 Å². The van der Waals surface area contributed by atoms with Crippen molar-refractivity contribution in [1.29, 1.82) is 0 Å². The summed E-state index contributed by atoms with van der Waals surface area (Å²) >= 11 is 0. The molecule has 1 N–H and O–H groups in total. The Kier molecular flexibility index (Phi) is 6.51. The Bertz CT molecular complexity index is 1010. The van der Waals surface area contributed by atoms with Crippen LogP contribution in [0.15, 0.2) is 42.6 Å². The van der Waals surface area contributed by atoms with Gasteiger partial charge in [0.1, 0.15) is 17.6 Å². The molecule has 1 aliphatic rings. The number of hydrogen-bond acceptors (Lipinski definition) is 6. The summed E-state index contributed by atoms with van der Waals surface area (Å²) in [5.74, 6) is -0.786. The molecule has 1 atom stereocenters. The van der Waals surface area contributed by atoms with Gasteiger partial charge in [0, 0.05) is 12.7 Å². The number of aromatic nitrogens is 1. The smallest absolute Gasteiger partial charge is 0.450 e. The third-order valence-electron chi connectivity index (χ3n) is 4.49. The van der Waals surface area contributed by atoms with Crippen molar-refractivity contribution in [3.05, 3.63) is 48.2 Å². The normalized spacial score (nSPS) is 16.3. The van der Waals surface area contributed by atoms with E-state index in [9.17, 15) is 27.6 Å². The molecule has 0 bridgehead atoms. The minimum atomic E-state index is -4.85. The van der Waals surface area contributed by atoms with Gasteiger partial charge in [0.2, 0.25) is 0 Å². The van der Waals surface area contributed by atoms with Gasteiger partial charge in [0.25, 0.3) is 5.91 Å². The van der Waals surface area contributed by atoms with E-state index in [-0.39, 0.29) is 24.7 Å².